The Labute approximate surface area is 115 Å². The van der Waals surface area contributed by atoms with E-state index in [9.17, 15) is 0 Å². The fourth-order valence-electron chi connectivity index (χ4n) is 1.84. The predicted octanol–water partition coefficient (Wildman–Crippen LogP) is 3.16. The average Bonchev–Trinajstić information content (AvgIpc) is 2.86. The molecular weight excluding hydrogens is 236 g/mol. The summed E-state index contributed by atoms with van der Waals surface area (Å²) in [5, 5.41) is 3.40. The third-order valence-electron chi connectivity index (χ3n) is 2.88. The van der Waals surface area contributed by atoms with Crippen LogP contribution in [-0.2, 0) is 24.6 Å². The first-order chi connectivity index (χ1) is 9.24. The third kappa shape index (κ3) is 4.89. The summed E-state index contributed by atoms with van der Waals surface area (Å²) in [7, 11) is 0. The van der Waals surface area contributed by atoms with Gasteiger partial charge in [0.15, 0.2) is 0 Å². The standard InChI is InChI=1S/C16H22N2O/c1-14(2)17-10-16-8-9-18(11-16)13-19-12-15-6-4-3-5-7-15/h3-9,11,14,17H,10,12-13H2,1-2H3. The number of benzene rings is 1. The highest BCUT2D eigenvalue weighted by Gasteiger charge is 1.99. The van der Waals surface area contributed by atoms with Crippen molar-refractivity contribution in [2.75, 3.05) is 0 Å². The number of ether oxygens (including phenoxy) is 1. The smallest absolute Gasteiger partial charge is 0.122 e. The summed E-state index contributed by atoms with van der Waals surface area (Å²) in [4.78, 5) is 0. The second-order valence-electron chi connectivity index (χ2n) is 5.03. The highest BCUT2D eigenvalue weighted by atomic mass is 16.5. The SMILES string of the molecule is CC(C)NCc1ccn(COCc2ccccc2)c1. The molecule has 0 fully saturated rings. The van der Waals surface area contributed by atoms with E-state index in [1.165, 1.54) is 11.1 Å². The Bertz CT molecular complexity index is 477. The summed E-state index contributed by atoms with van der Waals surface area (Å²) in [5.74, 6) is 0. The zero-order valence-corrected chi connectivity index (χ0v) is 11.7. The minimum Gasteiger partial charge on any atom is -0.356 e. The van der Waals surface area contributed by atoms with Gasteiger partial charge < -0.3 is 14.6 Å². The lowest BCUT2D eigenvalue weighted by Crippen LogP contribution is -2.21. The van der Waals surface area contributed by atoms with Gasteiger partial charge in [-0.25, -0.2) is 0 Å². The van der Waals surface area contributed by atoms with E-state index in [1.807, 2.05) is 18.2 Å². The van der Waals surface area contributed by atoms with Crippen LogP contribution in [-0.4, -0.2) is 10.6 Å². The van der Waals surface area contributed by atoms with E-state index in [-0.39, 0.29) is 0 Å². The maximum atomic E-state index is 5.69. The summed E-state index contributed by atoms with van der Waals surface area (Å²) in [6.45, 7) is 6.46. The molecule has 3 nitrogen and oxygen atoms in total. The van der Waals surface area contributed by atoms with Gasteiger partial charge in [0.1, 0.15) is 6.73 Å². The molecule has 19 heavy (non-hydrogen) atoms. The van der Waals surface area contributed by atoms with Gasteiger partial charge in [-0.3, -0.25) is 0 Å². The van der Waals surface area contributed by atoms with Crippen molar-refractivity contribution < 1.29 is 4.74 Å². The van der Waals surface area contributed by atoms with Crippen molar-refractivity contribution in [3.63, 3.8) is 0 Å². The number of nitrogens with zero attached hydrogens (tertiary/aromatic N) is 1. The Morgan fingerprint density at radius 3 is 2.63 bits per heavy atom. The molecule has 0 atom stereocenters. The molecule has 0 radical (unpaired) electrons. The van der Waals surface area contributed by atoms with Crippen molar-refractivity contribution in [2.24, 2.45) is 0 Å². The maximum Gasteiger partial charge on any atom is 0.122 e. The largest absolute Gasteiger partial charge is 0.356 e. The Balaban J connectivity index is 1.74. The number of rotatable bonds is 7. The van der Waals surface area contributed by atoms with E-state index in [0.717, 1.165) is 6.54 Å². The Hall–Kier alpha value is -1.58. The average molecular weight is 258 g/mol. The van der Waals surface area contributed by atoms with Gasteiger partial charge in [-0.2, -0.15) is 0 Å². The van der Waals surface area contributed by atoms with Crippen molar-refractivity contribution >= 4 is 0 Å². The molecule has 0 saturated carbocycles. The minimum atomic E-state index is 0.512. The molecule has 0 saturated heterocycles. The van der Waals surface area contributed by atoms with E-state index < -0.39 is 0 Å². The topological polar surface area (TPSA) is 26.2 Å². The molecule has 0 aliphatic carbocycles. The molecular formula is C16H22N2O. The van der Waals surface area contributed by atoms with E-state index in [0.29, 0.717) is 19.4 Å². The predicted molar refractivity (Wildman–Crippen MR) is 77.6 cm³/mol. The molecule has 0 aliphatic rings. The van der Waals surface area contributed by atoms with Gasteiger partial charge in [-0.1, -0.05) is 44.2 Å². The molecule has 1 heterocycles. The normalized spacial score (nSPS) is 11.1. The Morgan fingerprint density at radius 2 is 1.89 bits per heavy atom. The molecule has 2 rings (SSSR count). The number of hydrogen-bond acceptors (Lipinski definition) is 2. The maximum absolute atomic E-state index is 5.69. The highest BCUT2D eigenvalue weighted by Crippen LogP contribution is 2.04. The number of hydrogen-bond donors (Lipinski definition) is 1. The van der Waals surface area contributed by atoms with Crippen molar-refractivity contribution in [1.29, 1.82) is 0 Å². The van der Waals surface area contributed by atoms with Gasteiger partial charge in [0.25, 0.3) is 0 Å². The zero-order valence-electron chi connectivity index (χ0n) is 11.7. The molecule has 0 amide bonds. The van der Waals surface area contributed by atoms with Crippen molar-refractivity contribution in [1.82, 2.24) is 9.88 Å². The van der Waals surface area contributed by atoms with Gasteiger partial charge >= 0.3 is 0 Å². The van der Waals surface area contributed by atoms with E-state index >= 15 is 0 Å². The van der Waals surface area contributed by atoms with E-state index in [2.05, 4.69) is 54.3 Å². The van der Waals surface area contributed by atoms with Crippen LogP contribution >= 0.6 is 0 Å². The highest BCUT2D eigenvalue weighted by molar-refractivity contribution is 5.13. The fourth-order valence-corrected chi connectivity index (χ4v) is 1.84. The van der Waals surface area contributed by atoms with Gasteiger partial charge in [-0.05, 0) is 17.2 Å². The summed E-state index contributed by atoms with van der Waals surface area (Å²) < 4.78 is 7.76. The first-order valence-corrected chi connectivity index (χ1v) is 6.74. The molecule has 1 aromatic carbocycles. The zero-order chi connectivity index (χ0) is 13.5. The summed E-state index contributed by atoms with van der Waals surface area (Å²) in [6, 6.07) is 12.9. The van der Waals surface area contributed by atoms with E-state index in [1.54, 1.807) is 0 Å². The van der Waals surface area contributed by atoms with Gasteiger partial charge in [0, 0.05) is 25.0 Å². The molecule has 0 bridgehead atoms. The molecule has 102 valence electrons. The Morgan fingerprint density at radius 1 is 1.11 bits per heavy atom. The van der Waals surface area contributed by atoms with E-state index in [4.69, 9.17) is 4.74 Å². The van der Waals surface area contributed by atoms with Crippen LogP contribution in [0.15, 0.2) is 48.8 Å². The van der Waals surface area contributed by atoms with Crippen LogP contribution in [0.4, 0.5) is 0 Å². The van der Waals surface area contributed by atoms with Crippen LogP contribution in [0, 0.1) is 0 Å². The third-order valence-corrected chi connectivity index (χ3v) is 2.88. The van der Waals surface area contributed by atoms with Gasteiger partial charge in [0.2, 0.25) is 0 Å². The lowest BCUT2D eigenvalue weighted by atomic mass is 10.2. The quantitative estimate of drug-likeness (QED) is 0.825. The summed E-state index contributed by atoms with van der Waals surface area (Å²) in [6.07, 6.45) is 4.18. The molecule has 0 aliphatic heterocycles. The molecule has 2 aromatic rings. The molecule has 3 heteroatoms. The van der Waals surface area contributed by atoms with Crippen molar-refractivity contribution in [3.8, 4) is 0 Å². The van der Waals surface area contributed by atoms with Crippen LogP contribution in [0.5, 0.6) is 0 Å². The first-order valence-electron chi connectivity index (χ1n) is 6.74. The summed E-state index contributed by atoms with van der Waals surface area (Å²) in [5.41, 5.74) is 2.49. The monoisotopic (exact) mass is 258 g/mol. The number of nitrogens with one attached hydrogen (secondary N) is 1. The fraction of sp³-hybridized carbons (Fsp3) is 0.375. The van der Waals surface area contributed by atoms with Crippen LogP contribution in [0.2, 0.25) is 0 Å². The molecule has 1 aromatic heterocycles. The first kappa shape index (κ1) is 13.8. The second-order valence-corrected chi connectivity index (χ2v) is 5.03. The van der Waals surface area contributed by atoms with Crippen LogP contribution in [0.25, 0.3) is 0 Å². The van der Waals surface area contributed by atoms with Gasteiger partial charge in [-0.15, -0.1) is 0 Å². The van der Waals surface area contributed by atoms with Crippen molar-refractivity contribution in [2.45, 2.75) is 39.8 Å². The van der Waals surface area contributed by atoms with Crippen LogP contribution < -0.4 is 5.32 Å². The Kier molecular flexibility index (Phi) is 5.19. The van der Waals surface area contributed by atoms with Crippen LogP contribution in [0.1, 0.15) is 25.0 Å². The number of aromatic nitrogens is 1. The minimum absolute atomic E-state index is 0.512. The second kappa shape index (κ2) is 7.12. The van der Waals surface area contributed by atoms with Crippen molar-refractivity contribution in [3.05, 3.63) is 59.9 Å². The van der Waals surface area contributed by atoms with Crippen LogP contribution in [0.3, 0.4) is 0 Å². The molecule has 1 N–H and O–H groups in total. The van der Waals surface area contributed by atoms with Gasteiger partial charge in [0.05, 0.1) is 6.61 Å². The lowest BCUT2D eigenvalue weighted by Gasteiger charge is -2.07. The summed E-state index contributed by atoms with van der Waals surface area (Å²) >= 11 is 0. The molecule has 0 spiro atoms. The molecule has 0 unspecified atom stereocenters. The lowest BCUT2D eigenvalue weighted by molar-refractivity contribution is 0.0641.